The van der Waals surface area contributed by atoms with E-state index in [-0.39, 0.29) is 5.91 Å². The predicted molar refractivity (Wildman–Crippen MR) is 95.6 cm³/mol. The Bertz CT molecular complexity index is 669. The minimum Gasteiger partial charge on any atom is -0.491 e. The second-order valence-corrected chi connectivity index (χ2v) is 5.69. The fraction of sp³-hybridized carbons (Fsp3) is 0.350. The van der Waals surface area contributed by atoms with Gasteiger partial charge >= 0.3 is 0 Å². The van der Waals surface area contributed by atoms with Crippen molar-refractivity contribution in [3.63, 3.8) is 0 Å². The summed E-state index contributed by atoms with van der Waals surface area (Å²) in [7, 11) is 0. The third-order valence-corrected chi connectivity index (χ3v) is 3.78. The van der Waals surface area contributed by atoms with Crippen molar-refractivity contribution in [1.29, 1.82) is 0 Å². The number of aryl methyl sites for hydroxylation is 2. The molecule has 128 valence electrons. The van der Waals surface area contributed by atoms with Crippen LogP contribution in [0.5, 0.6) is 11.5 Å². The van der Waals surface area contributed by atoms with Crippen LogP contribution in [-0.4, -0.2) is 25.2 Å². The van der Waals surface area contributed by atoms with E-state index in [1.807, 2.05) is 69.3 Å². The summed E-state index contributed by atoms with van der Waals surface area (Å²) in [4.78, 5) is 12.3. The molecule has 1 unspecified atom stereocenters. The number of hydrogen-bond acceptors (Lipinski definition) is 3. The van der Waals surface area contributed by atoms with E-state index < -0.39 is 6.10 Å². The van der Waals surface area contributed by atoms with Crippen LogP contribution in [0.3, 0.4) is 0 Å². The zero-order chi connectivity index (χ0) is 17.4. The summed E-state index contributed by atoms with van der Waals surface area (Å²) >= 11 is 0. The van der Waals surface area contributed by atoms with Gasteiger partial charge in [-0.05, 0) is 43.5 Å². The summed E-state index contributed by atoms with van der Waals surface area (Å²) in [5.41, 5.74) is 2.10. The maximum absolute atomic E-state index is 12.3. The molecule has 0 aliphatic rings. The van der Waals surface area contributed by atoms with Crippen molar-refractivity contribution < 1.29 is 14.3 Å². The summed E-state index contributed by atoms with van der Waals surface area (Å²) in [5.74, 6) is 1.47. The molecular weight excluding hydrogens is 302 g/mol. The molecule has 0 aliphatic carbocycles. The molecule has 0 heterocycles. The molecule has 4 nitrogen and oxygen atoms in total. The van der Waals surface area contributed by atoms with Gasteiger partial charge < -0.3 is 14.8 Å². The topological polar surface area (TPSA) is 47.6 Å². The third-order valence-electron chi connectivity index (χ3n) is 3.78. The molecular formula is C20H25NO3. The molecule has 4 heteroatoms. The lowest BCUT2D eigenvalue weighted by Crippen LogP contribution is -2.39. The van der Waals surface area contributed by atoms with Crippen LogP contribution in [0.4, 0.5) is 0 Å². The Hall–Kier alpha value is -2.49. The van der Waals surface area contributed by atoms with Gasteiger partial charge in [-0.2, -0.15) is 0 Å². The van der Waals surface area contributed by atoms with Crippen LogP contribution in [0.2, 0.25) is 0 Å². The smallest absolute Gasteiger partial charge is 0.261 e. The summed E-state index contributed by atoms with van der Waals surface area (Å²) in [6.07, 6.45) is 0.114. The molecule has 0 fully saturated rings. The Balaban J connectivity index is 1.80. The first kappa shape index (κ1) is 17.9. The lowest BCUT2D eigenvalue weighted by molar-refractivity contribution is -0.128. The van der Waals surface area contributed by atoms with E-state index in [2.05, 4.69) is 5.32 Å². The lowest BCUT2D eigenvalue weighted by Gasteiger charge is -2.18. The first-order valence-corrected chi connectivity index (χ1v) is 8.30. The molecule has 0 radical (unpaired) electrons. The summed E-state index contributed by atoms with van der Waals surface area (Å²) in [5, 5.41) is 2.87. The lowest BCUT2D eigenvalue weighted by atomic mass is 10.2. The van der Waals surface area contributed by atoms with Crippen LogP contribution in [-0.2, 0) is 4.79 Å². The maximum atomic E-state index is 12.3. The largest absolute Gasteiger partial charge is 0.491 e. The van der Waals surface area contributed by atoms with Gasteiger partial charge in [0.25, 0.3) is 5.91 Å². The van der Waals surface area contributed by atoms with Crippen molar-refractivity contribution in [2.45, 2.75) is 33.3 Å². The van der Waals surface area contributed by atoms with E-state index in [9.17, 15) is 4.79 Å². The van der Waals surface area contributed by atoms with Crippen molar-refractivity contribution in [3.8, 4) is 11.5 Å². The molecule has 2 rings (SSSR count). The highest BCUT2D eigenvalue weighted by Crippen LogP contribution is 2.19. The van der Waals surface area contributed by atoms with E-state index >= 15 is 0 Å². The fourth-order valence-corrected chi connectivity index (χ4v) is 2.33. The highest BCUT2D eigenvalue weighted by Gasteiger charge is 2.18. The first-order valence-electron chi connectivity index (χ1n) is 8.30. The van der Waals surface area contributed by atoms with Gasteiger partial charge in [-0.1, -0.05) is 43.3 Å². The van der Waals surface area contributed by atoms with Crippen LogP contribution in [0, 0.1) is 13.8 Å². The molecule has 0 saturated carbocycles. The number of carbonyl (C=O) groups excluding carboxylic acids is 1. The normalized spacial score (nSPS) is 11.6. The number of para-hydroxylation sites is 2. The van der Waals surface area contributed by atoms with Gasteiger partial charge in [-0.3, -0.25) is 4.79 Å². The van der Waals surface area contributed by atoms with Gasteiger partial charge in [0, 0.05) is 0 Å². The van der Waals surface area contributed by atoms with Crippen LogP contribution >= 0.6 is 0 Å². The van der Waals surface area contributed by atoms with Crippen molar-refractivity contribution >= 4 is 5.91 Å². The monoisotopic (exact) mass is 327 g/mol. The molecule has 1 N–H and O–H groups in total. The summed E-state index contributed by atoms with van der Waals surface area (Å²) in [6, 6.07) is 15.5. The first-order chi connectivity index (χ1) is 11.6. The number of carbonyl (C=O) groups is 1. The third kappa shape index (κ3) is 5.01. The van der Waals surface area contributed by atoms with Gasteiger partial charge in [0.05, 0.1) is 6.54 Å². The van der Waals surface area contributed by atoms with E-state index in [1.165, 1.54) is 0 Å². The van der Waals surface area contributed by atoms with E-state index in [0.717, 1.165) is 22.6 Å². The van der Waals surface area contributed by atoms with Crippen LogP contribution in [0.15, 0.2) is 48.5 Å². The second-order valence-electron chi connectivity index (χ2n) is 5.69. The number of hydrogen-bond donors (Lipinski definition) is 1. The van der Waals surface area contributed by atoms with Crippen molar-refractivity contribution in [3.05, 3.63) is 59.7 Å². The van der Waals surface area contributed by atoms with Crippen molar-refractivity contribution in [2.24, 2.45) is 0 Å². The zero-order valence-electron chi connectivity index (χ0n) is 14.5. The van der Waals surface area contributed by atoms with Gasteiger partial charge in [0.15, 0.2) is 6.10 Å². The molecule has 0 saturated heterocycles. The highest BCUT2D eigenvalue weighted by molar-refractivity contribution is 5.81. The molecule has 0 aromatic heterocycles. The number of rotatable bonds is 8. The van der Waals surface area contributed by atoms with Gasteiger partial charge in [-0.25, -0.2) is 0 Å². The number of benzene rings is 2. The SMILES string of the molecule is CCC(Oc1ccccc1C)C(=O)NCCOc1ccccc1C. The van der Waals surface area contributed by atoms with Crippen molar-refractivity contribution in [2.75, 3.05) is 13.2 Å². The Morgan fingerprint density at radius 1 is 1.00 bits per heavy atom. The Morgan fingerprint density at radius 3 is 2.17 bits per heavy atom. The van der Waals surface area contributed by atoms with E-state index in [0.29, 0.717) is 19.6 Å². The average molecular weight is 327 g/mol. The van der Waals surface area contributed by atoms with E-state index in [4.69, 9.17) is 9.47 Å². The standard InChI is InChI=1S/C20H25NO3/c1-4-17(24-19-12-8-6-10-16(19)3)20(22)21-13-14-23-18-11-7-5-9-15(18)2/h5-12,17H,4,13-14H2,1-3H3,(H,21,22). The highest BCUT2D eigenvalue weighted by atomic mass is 16.5. The number of amides is 1. The quantitative estimate of drug-likeness (QED) is 0.753. The summed E-state index contributed by atoms with van der Waals surface area (Å²) < 4.78 is 11.5. The molecule has 0 aliphatic heterocycles. The number of ether oxygens (including phenoxy) is 2. The fourth-order valence-electron chi connectivity index (χ4n) is 2.33. The molecule has 1 atom stereocenters. The Labute approximate surface area is 143 Å². The Kier molecular flexibility index (Phi) is 6.67. The van der Waals surface area contributed by atoms with Crippen LogP contribution in [0.1, 0.15) is 24.5 Å². The molecule has 0 spiro atoms. The van der Waals surface area contributed by atoms with Crippen molar-refractivity contribution in [1.82, 2.24) is 5.32 Å². The van der Waals surface area contributed by atoms with Gasteiger partial charge in [0.1, 0.15) is 18.1 Å². The number of nitrogens with one attached hydrogen (secondary N) is 1. The minimum absolute atomic E-state index is 0.117. The minimum atomic E-state index is -0.496. The summed E-state index contributed by atoms with van der Waals surface area (Å²) in [6.45, 7) is 6.78. The zero-order valence-corrected chi connectivity index (χ0v) is 14.5. The van der Waals surface area contributed by atoms with Gasteiger partial charge in [0.2, 0.25) is 0 Å². The van der Waals surface area contributed by atoms with Crippen LogP contribution in [0.25, 0.3) is 0 Å². The average Bonchev–Trinajstić information content (AvgIpc) is 2.59. The molecule has 0 bridgehead atoms. The molecule has 1 amide bonds. The maximum Gasteiger partial charge on any atom is 0.261 e. The van der Waals surface area contributed by atoms with E-state index in [1.54, 1.807) is 0 Å². The van der Waals surface area contributed by atoms with Crippen LogP contribution < -0.4 is 14.8 Å². The predicted octanol–water partition coefficient (Wildman–Crippen LogP) is 3.66. The Morgan fingerprint density at radius 2 is 1.58 bits per heavy atom. The molecule has 2 aromatic rings. The molecule has 24 heavy (non-hydrogen) atoms. The second kappa shape index (κ2) is 8.96. The molecule has 2 aromatic carbocycles. The van der Waals surface area contributed by atoms with Gasteiger partial charge in [-0.15, -0.1) is 0 Å².